The first-order valence-electron chi connectivity index (χ1n) is 8.22. The molecule has 0 saturated carbocycles. The van der Waals surface area contributed by atoms with E-state index in [0.717, 1.165) is 0 Å². The fourth-order valence-corrected chi connectivity index (χ4v) is 4.08. The van der Waals surface area contributed by atoms with Crippen LogP contribution in [0.15, 0.2) is 33.5 Å². The maximum atomic E-state index is 12.3. The van der Waals surface area contributed by atoms with Crippen LogP contribution in [0, 0.1) is 6.92 Å². The Morgan fingerprint density at radius 1 is 1.32 bits per heavy atom. The van der Waals surface area contributed by atoms with Gasteiger partial charge in [0, 0.05) is 33.6 Å². The molecule has 0 aliphatic carbocycles. The molecule has 6 nitrogen and oxygen atoms in total. The van der Waals surface area contributed by atoms with Crippen LogP contribution < -0.4 is 10.9 Å². The van der Waals surface area contributed by atoms with Gasteiger partial charge in [-0.1, -0.05) is 35.0 Å². The van der Waals surface area contributed by atoms with Gasteiger partial charge in [0.25, 0.3) is 5.56 Å². The van der Waals surface area contributed by atoms with Gasteiger partial charge in [-0.3, -0.25) is 9.59 Å². The van der Waals surface area contributed by atoms with Gasteiger partial charge in [-0.2, -0.15) is 0 Å². The fraction of sp³-hybridized carbons (Fsp3) is 0.222. The van der Waals surface area contributed by atoms with E-state index >= 15 is 0 Å². The predicted molar refractivity (Wildman–Crippen MR) is 116 cm³/mol. The summed E-state index contributed by atoms with van der Waals surface area (Å²) >= 11 is 14.9. The molecule has 146 valence electrons. The minimum atomic E-state index is -0.231. The van der Waals surface area contributed by atoms with E-state index in [9.17, 15) is 9.59 Å². The molecule has 2 aromatic heterocycles. The van der Waals surface area contributed by atoms with Crippen molar-refractivity contribution in [2.75, 3.05) is 11.6 Å². The lowest BCUT2D eigenvalue weighted by molar-refractivity contribution is -0.116. The molecule has 0 atom stereocenters. The number of carbonyl (C=O) groups excluding carboxylic acids is 1. The summed E-state index contributed by atoms with van der Waals surface area (Å²) in [5.74, 6) is -0.231. The molecule has 0 fully saturated rings. The maximum absolute atomic E-state index is 12.3. The van der Waals surface area contributed by atoms with Gasteiger partial charge >= 0.3 is 0 Å². The second kappa shape index (κ2) is 9.09. The molecular formula is C18H16Cl2N4O2S2. The lowest BCUT2D eigenvalue weighted by Gasteiger charge is -2.06. The average Bonchev–Trinajstić information content (AvgIpc) is 3.10. The second-order valence-corrected chi connectivity index (χ2v) is 8.35. The van der Waals surface area contributed by atoms with Crippen molar-refractivity contribution in [1.29, 1.82) is 0 Å². The first-order valence-corrected chi connectivity index (χ1v) is 11.1. The summed E-state index contributed by atoms with van der Waals surface area (Å²) in [4.78, 5) is 35.8. The monoisotopic (exact) mass is 454 g/mol. The Morgan fingerprint density at radius 2 is 2.11 bits per heavy atom. The highest BCUT2D eigenvalue weighted by Gasteiger charge is 2.13. The molecule has 0 spiro atoms. The lowest BCUT2D eigenvalue weighted by atomic mass is 10.1. The van der Waals surface area contributed by atoms with Crippen LogP contribution in [0.5, 0.6) is 0 Å². The zero-order chi connectivity index (χ0) is 20.3. The number of thioether (sulfide) groups is 1. The normalized spacial score (nSPS) is 10.9. The number of H-pyrrole nitrogens is 1. The van der Waals surface area contributed by atoms with Gasteiger partial charge in [0.15, 0.2) is 10.3 Å². The number of amides is 1. The number of hydrogen-bond acceptors (Lipinski definition) is 6. The maximum Gasteiger partial charge on any atom is 0.254 e. The number of thiazole rings is 1. The number of aryl methyl sites for hydroxylation is 1. The van der Waals surface area contributed by atoms with Gasteiger partial charge in [0.2, 0.25) is 5.91 Å². The van der Waals surface area contributed by atoms with E-state index in [1.165, 1.54) is 23.1 Å². The first-order chi connectivity index (χ1) is 13.4. The van der Waals surface area contributed by atoms with Gasteiger partial charge < -0.3 is 10.3 Å². The summed E-state index contributed by atoms with van der Waals surface area (Å²) in [6.07, 6.45) is 2.29. The van der Waals surface area contributed by atoms with Crippen molar-refractivity contribution in [1.82, 2.24) is 15.0 Å². The molecular weight excluding hydrogens is 439 g/mol. The number of nitrogens with one attached hydrogen (secondary N) is 2. The molecule has 10 heteroatoms. The summed E-state index contributed by atoms with van der Waals surface area (Å²) in [7, 11) is 0. The molecule has 0 radical (unpaired) electrons. The Morgan fingerprint density at radius 3 is 2.82 bits per heavy atom. The molecule has 0 aliphatic heterocycles. The van der Waals surface area contributed by atoms with Crippen molar-refractivity contribution in [3.8, 4) is 11.3 Å². The Labute approximate surface area is 179 Å². The molecule has 0 unspecified atom stereocenters. The number of rotatable bonds is 6. The highest BCUT2D eigenvalue weighted by Crippen LogP contribution is 2.32. The zero-order valence-electron chi connectivity index (χ0n) is 15.0. The van der Waals surface area contributed by atoms with E-state index in [2.05, 4.69) is 20.3 Å². The zero-order valence-corrected chi connectivity index (χ0v) is 18.2. The van der Waals surface area contributed by atoms with Crippen LogP contribution in [-0.4, -0.2) is 27.1 Å². The topological polar surface area (TPSA) is 87.7 Å². The summed E-state index contributed by atoms with van der Waals surface area (Å²) in [5.41, 5.74) is 2.27. The SMILES string of the molecule is CSc1nc(C)c(CCC(=O)Nc2nc(-c3cc(Cl)ccc3Cl)cs2)c(=O)[nH]1. The van der Waals surface area contributed by atoms with E-state index in [4.69, 9.17) is 23.2 Å². The van der Waals surface area contributed by atoms with E-state index in [1.807, 2.05) is 6.26 Å². The van der Waals surface area contributed by atoms with Crippen molar-refractivity contribution in [3.63, 3.8) is 0 Å². The number of carbonyl (C=O) groups is 1. The number of nitrogens with zero attached hydrogens (tertiary/aromatic N) is 2. The molecule has 2 heterocycles. The van der Waals surface area contributed by atoms with E-state index in [-0.39, 0.29) is 17.9 Å². The Hall–Kier alpha value is -1.87. The Balaban J connectivity index is 1.66. The third-order valence-electron chi connectivity index (χ3n) is 3.95. The van der Waals surface area contributed by atoms with Gasteiger partial charge in [0.1, 0.15) is 0 Å². The van der Waals surface area contributed by atoms with Crippen molar-refractivity contribution < 1.29 is 4.79 Å². The predicted octanol–water partition coefficient (Wildman–Crippen LogP) is 4.80. The molecule has 1 amide bonds. The number of halogens is 2. The highest BCUT2D eigenvalue weighted by molar-refractivity contribution is 7.98. The average molecular weight is 455 g/mol. The molecule has 0 bridgehead atoms. The quantitative estimate of drug-likeness (QED) is 0.412. The third kappa shape index (κ3) is 4.94. The summed E-state index contributed by atoms with van der Waals surface area (Å²) < 4.78 is 0. The molecule has 28 heavy (non-hydrogen) atoms. The molecule has 0 saturated heterocycles. The number of aromatic amines is 1. The largest absolute Gasteiger partial charge is 0.302 e. The number of hydrogen-bond donors (Lipinski definition) is 2. The molecule has 3 rings (SSSR count). The summed E-state index contributed by atoms with van der Waals surface area (Å²) in [5, 5.41) is 6.66. The van der Waals surface area contributed by atoms with Crippen LogP contribution in [0.25, 0.3) is 11.3 Å². The van der Waals surface area contributed by atoms with Gasteiger partial charge in [0.05, 0.1) is 10.7 Å². The number of benzene rings is 1. The van der Waals surface area contributed by atoms with Crippen LogP contribution in [-0.2, 0) is 11.2 Å². The molecule has 0 aliphatic rings. The standard InChI is InChI=1S/C18H16Cl2N4O2S2/c1-9-11(16(26)24-17(21-9)27-2)4-6-15(25)23-18-22-14(8-28-18)12-7-10(19)3-5-13(12)20/h3,5,7-8H,4,6H2,1-2H3,(H,21,24,26)(H,22,23,25). The van der Waals surface area contributed by atoms with E-state index < -0.39 is 0 Å². The Kier molecular flexibility index (Phi) is 6.77. The second-order valence-electron chi connectivity index (χ2n) is 5.85. The smallest absolute Gasteiger partial charge is 0.254 e. The molecule has 3 aromatic rings. The lowest BCUT2D eigenvalue weighted by Crippen LogP contribution is -2.20. The third-order valence-corrected chi connectivity index (χ3v) is 5.85. The Bertz CT molecular complexity index is 1080. The fourth-order valence-electron chi connectivity index (χ4n) is 2.54. The summed E-state index contributed by atoms with van der Waals surface area (Å²) in [6.45, 7) is 1.77. The van der Waals surface area contributed by atoms with Crippen LogP contribution in [0.1, 0.15) is 17.7 Å². The van der Waals surface area contributed by atoms with Gasteiger partial charge in [-0.05, 0) is 37.8 Å². The minimum Gasteiger partial charge on any atom is -0.302 e. The van der Waals surface area contributed by atoms with Crippen molar-refractivity contribution in [2.45, 2.75) is 24.9 Å². The minimum absolute atomic E-state index is 0.150. The number of aromatic nitrogens is 3. The van der Waals surface area contributed by atoms with Crippen molar-refractivity contribution in [2.24, 2.45) is 0 Å². The van der Waals surface area contributed by atoms with Crippen molar-refractivity contribution >= 4 is 57.3 Å². The van der Waals surface area contributed by atoms with Gasteiger partial charge in [-0.25, -0.2) is 9.97 Å². The van der Waals surface area contributed by atoms with Crippen LogP contribution >= 0.6 is 46.3 Å². The van der Waals surface area contributed by atoms with Crippen LogP contribution in [0.3, 0.4) is 0 Å². The first kappa shape index (κ1) is 20.9. The molecule has 1 aromatic carbocycles. The number of anilines is 1. The van der Waals surface area contributed by atoms with Crippen LogP contribution in [0.4, 0.5) is 5.13 Å². The van der Waals surface area contributed by atoms with E-state index in [1.54, 1.807) is 30.5 Å². The van der Waals surface area contributed by atoms with E-state index in [0.29, 0.717) is 49.3 Å². The molecule has 2 N–H and O–H groups in total. The van der Waals surface area contributed by atoms with Gasteiger partial charge in [-0.15, -0.1) is 11.3 Å². The van der Waals surface area contributed by atoms with Crippen molar-refractivity contribution in [3.05, 3.63) is 55.2 Å². The summed E-state index contributed by atoms with van der Waals surface area (Å²) in [6, 6.07) is 5.13. The van der Waals surface area contributed by atoms with Crippen LogP contribution in [0.2, 0.25) is 10.0 Å². The highest BCUT2D eigenvalue weighted by atomic mass is 35.5.